The summed E-state index contributed by atoms with van der Waals surface area (Å²) in [5, 5.41) is 0. The molecule has 0 amide bonds. The molecule has 1 heterocycles. The second-order valence-electron chi connectivity index (χ2n) is 4.28. The standard InChI is InChI=1S/C13H27N2O3Si.ClH/c1-6-10-15-12-11-14(5)13(15)19(16-7-2,17-8-3)18-9-4;/h11-12H,6-10H2,1-5H3;1H/q+1;/p-1. The van der Waals surface area contributed by atoms with Gasteiger partial charge in [-0.15, -0.1) is 0 Å². The minimum absolute atomic E-state index is 0. The van der Waals surface area contributed by atoms with Gasteiger partial charge in [0.25, 0.3) is 0 Å². The molecule has 0 spiro atoms. The summed E-state index contributed by atoms with van der Waals surface area (Å²) in [7, 11) is -0.806. The van der Waals surface area contributed by atoms with E-state index in [0.29, 0.717) is 19.8 Å². The molecule has 0 saturated carbocycles. The molecule has 0 aliphatic carbocycles. The maximum Gasteiger partial charge on any atom is 0.626 e. The highest BCUT2D eigenvalue weighted by Crippen LogP contribution is 2.09. The predicted octanol–water partition coefficient (Wildman–Crippen LogP) is -2.02. The summed E-state index contributed by atoms with van der Waals surface area (Å²) in [5.74, 6) is 0. The summed E-state index contributed by atoms with van der Waals surface area (Å²) in [5.41, 5.74) is 1.03. The van der Waals surface area contributed by atoms with E-state index >= 15 is 0 Å². The van der Waals surface area contributed by atoms with Crippen molar-refractivity contribution in [3.05, 3.63) is 12.4 Å². The van der Waals surface area contributed by atoms with Crippen molar-refractivity contribution in [3.8, 4) is 0 Å². The van der Waals surface area contributed by atoms with Gasteiger partial charge in [0.15, 0.2) is 0 Å². The molecular formula is C13H27ClN2O3Si. The molecule has 118 valence electrons. The monoisotopic (exact) mass is 322 g/mol. The Morgan fingerprint density at radius 1 is 1.05 bits per heavy atom. The van der Waals surface area contributed by atoms with Gasteiger partial charge < -0.3 is 25.7 Å². The Kier molecular flexibility index (Phi) is 9.33. The fraction of sp³-hybridized carbons (Fsp3) is 0.769. The van der Waals surface area contributed by atoms with Crippen LogP contribution in [0.2, 0.25) is 0 Å². The van der Waals surface area contributed by atoms with Crippen molar-refractivity contribution in [2.75, 3.05) is 19.8 Å². The van der Waals surface area contributed by atoms with Crippen LogP contribution in [0, 0.1) is 0 Å². The molecule has 0 atom stereocenters. The Balaban J connectivity index is 0.00000361. The van der Waals surface area contributed by atoms with E-state index in [1.807, 2.05) is 34.0 Å². The maximum atomic E-state index is 5.98. The first-order valence-corrected chi connectivity index (χ1v) is 8.84. The van der Waals surface area contributed by atoms with Crippen LogP contribution in [-0.2, 0) is 26.9 Å². The van der Waals surface area contributed by atoms with E-state index in [2.05, 4.69) is 22.3 Å². The molecule has 7 heteroatoms. The van der Waals surface area contributed by atoms with Crippen LogP contribution in [0.15, 0.2) is 12.4 Å². The first kappa shape index (κ1) is 19.6. The normalized spacial score (nSPS) is 11.4. The summed E-state index contributed by atoms with van der Waals surface area (Å²) in [4.78, 5) is 0. The van der Waals surface area contributed by atoms with Crippen molar-refractivity contribution in [1.82, 2.24) is 4.57 Å². The molecule has 0 fully saturated rings. The van der Waals surface area contributed by atoms with Gasteiger partial charge in [0.1, 0.15) is 12.4 Å². The third-order valence-electron chi connectivity index (χ3n) is 2.82. The molecule has 0 bridgehead atoms. The molecule has 1 rings (SSSR count). The Bertz CT molecular complexity index is 371. The lowest BCUT2D eigenvalue weighted by molar-refractivity contribution is -0.655. The van der Waals surface area contributed by atoms with Crippen molar-refractivity contribution < 1.29 is 30.3 Å². The highest BCUT2D eigenvalue weighted by atomic mass is 35.5. The molecule has 0 aliphatic rings. The van der Waals surface area contributed by atoms with Crippen LogP contribution in [0.3, 0.4) is 0 Å². The van der Waals surface area contributed by atoms with Gasteiger partial charge in [-0.05, 0) is 27.2 Å². The first-order valence-electron chi connectivity index (χ1n) is 7.12. The molecule has 20 heavy (non-hydrogen) atoms. The van der Waals surface area contributed by atoms with Crippen molar-refractivity contribution in [2.45, 2.75) is 40.7 Å². The first-order chi connectivity index (χ1) is 9.15. The van der Waals surface area contributed by atoms with E-state index in [9.17, 15) is 0 Å². The van der Waals surface area contributed by atoms with Gasteiger partial charge in [-0.1, -0.05) is 6.92 Å². The van der Waals surface area contributed by atoms with E-state index in [1.165, 1.54) is 0 Å². The van der Waals surface area contributed by atoms with Gasteiger partial charge in [-0.2, -0.15) is 0 Å². The van der Waals surface area contributed by atoms with Gasteiger partial charge in [-0.3, -0.25) is 0 Å². The van der Waals surface area contributed by atoms with E-state index in [4.69, 9.17) is 13.3 Å². The number of aryl methyl sites for hydroxylation is 2. The second kappa shape index (κ2) is 9.52. The third-order valence-corrected chi connectivity index (χ3v) is 6.01. The Morgan fingerprint density at radius 3 is 1.95 bits per heavy atom. The molecule has 0 unspecified atom stereocenters. The molecule has 5 nitrogen and oxygen atoms in total. The van der Waals surface area contributed by atoms with Crippen LogP contribution in [0.5, 0.6) is 0 Å². The number of hydrogen-bond donors (Lipinski definition) is 0. The maximum absolute atomic E-state index is 5.98. The zero-order valence-electron chi connectivity index (χ0n) is 13.2. The summed E-state index contributed by atoms with van der Waals surface area (Å²) < 4.78 is 22.2. The molecule has 1 aromatic rings. The molecule has 1 aromatic heterocycles. The number of nitrogens with zero attached hydrogens (tertiary/aromatic N) is 2. The fourth-order valence-corrected chi connectivity index (χ4v) is 5.05. The molecule has 0 N–H and O–H groups in total. The average molecular weight is 323 g/mol. The topological polar surface area (TPSA) is 36.5 Å². The van der Waals surface area contributed by atoms with Crippen LogP contribution < -0.4 is 22.4 Å². The smallest absolute Gasteiger partial charge is 0.626 e. The summed E-state index contributed by atoms with van der Waals surface area (Å²) >= 11 is 0. The van der Waals surface area contributed by atoms with Crippen LogP contribution in [0.25, 0.3) is 0 Å². The van der Waals surface area contributed by atoms with Gasteiger partial charge in [0.05, 0.1) is 13.6 Å². The Labute approximate surface area is 129 Å². The highest BCUT2D eigenvalue weighted by Gasteiger charge is 2.54. The van der Waals surface area contributed by atoms with Gasteiger partial charge in [0, 0.05) is 19.8 Å². The lowest BCUT2D eigenvalue weighted by Crippen LogP contribution is -3.00. The molecule has 0 aromatic carbocycles. The van der Waals surface area contributed by atoms with E-state index in [0.717, 1.165) is 18.4 Å². The zero-order valence-corrected chi connectivity index (χ0v) is 14.9. The van der Waals surface area contributed by atoms with Crippen LogP contribution >= 0.6 is 0 Å². The Hall–Kier alpha value is -0.403. The predicted molar refractivity (Wildman–Crippen MR) is 76.2 cm³/mol. The van der Waals surface area contributed by atoms with Crippen LogP contribution in [-0.4, -0.2) is 33.2 Å². The van der Waals surface area contributed by atoms with Crippen LogP contribution in [0.1, 0.15) is 34.1 Å². The molecule has 0 aliphatic heterocycles. The van der Waals surface area contributed by atoms with E-state index in [1.54, 1.807) is 0 Å². The largest absolute Gasteiger partial charge is 1.00 e. The van der Waals surface area contributed by atoms with Crippen molar-refractivity contribution in [1.29, 1.82) is 0 Å². The van der Waals surface area contributed by atoms with Crippen molar-refractivity contribution in [2.24, 2.45) is 7.05 Å². The quantitative estimate of drug-likeness (QED) is 0.389. The lowest BCUT2D eigenvalue weighted by atomic mass is 10.5. The SMILES string of the molecule is CCCn1cc[n+](C)c1[Si](OCC)(OCC)OCC.[Cl-]. The fourth-order valence-electron chi connectivity index (χ4n) is 2.23. The summed E-state index contributed by atoms with van der Waals surface area (Å²) in [6.07, 6.45) is 5.16. The molecule has 0 saturated heterocycles. The number of rotatable bonds is 9. The molecule has 0 radical (unpaired) electrons. The number of hydrogen-bond acceptors (Lipinski definition) is 3. The average Bonchev–Trinajstić information content (AvgIpc) is 2.72. The Morgan fingerprint density at radius 2 is 1.55 bits per heavy atom. The molecular weight excluding hydrogens is 296 g/mol. The minimum atomic E-state index is -2.82. The highest BCUT2D eigenvalue weighted by molar-refractivity contribution is 6.73. The lowest BCUT2D eigenvalue weighted by Gasteiger charge is -2.25. The van der Waals surface area contributed by atoms with E-state index in [-0.39, 0.29) is 12.4 Å². The zero-order chi connectivity index (χ0) is 14.3. The number of halogens is 1. The third kappa shape index (κ3) is 4.29. The van der Waals surface area contributed by atoms with Gasteiger partial charge in [-0.25, -0.2) is 9.13 Å². The number of imidazole rings is 1. The summed E-state index contributed by atoms with van der Waals surface area (Å²) in [6, 6.07) is 0. The van der Waals surface area contributed by atoms with Crippen LogP contribution in [0.4, 0.5) is 0 Å². The van der Waals surface area contributed by atoms with Gasteiger partial charge in [0.2, 0.25) is 0 Å². The van der Waals surface area contributed by atoms with Crippen molar-refractivity contribution in [3.63, 3.8) is 0 Å². The van der Waals surface area contributed by atoms with Crippen molar-refractivity contribution >= 4 is 14.3 Å². The van der Waals surface area contributed by atoms with Gasteiger partial charge >= 0.3 is 14.3 Å². The number of aromatic nitrogens is 2. The second-order valence-corrected chi connectivity index (χ2v) is 6.71. The minimum Gasteiger partial charge on any atom is -1.00 e. The summed E-state index contributed by atoms with van der Waals surface area (Å²) in [6.45, 7) is 10.8. The van der Waals surface area contributed by atoms with E-state index < -0.39 is 8.80 Å².